The number of ether oxygens (including phenoxy) is 2. The second kappa shape index (κ2) is 16.2. The molecule has 0 saturated heterocycles. The molecule has 0 aliphatic carbocycles. The van der Waals surface area contributed by atoms with Crippen LogP contribution in [0.25, 0.3) is 10.4 Å². The van der Waals surface area contributed by atoms with Crippen molar-refractivity contribution in [3.8, 4) is 39.6 Å². The Labute approximate surface area is 272 Å². The Kier molecular flexibility index (Phi) is 11.9. The summed E-state index contributed by atoms with van der Waals surface area (Å²) < 4.78 is 11.7. The zero-order valence-electron chi connectivity index (χ0n) is 25.5. The van der Waals surface area contributed by atoms with Crippen molar-refractivity contribution in [2.24, 2.45) is 0 Å². The number of aromatic hydroxyl groups is 1. The van der Waals surface area contributed by atoms with Crippen molar-refractivity contribution in [3.05, 3.63) is 125 Å². The van der Waals surface area contributed by atoms with E-state index in [9.17, 15) is 15.2 Å². The summed E-state index contributed by atoms with van der Waals surface area (Å²) in [4.78, 5) is 15.5. The van der Waals surface area contributed by atoms with E-state index in [2.05, 4.69) is 36.3 Å². The number of aromatic carboxylic acids is 1. The number of nitrogens with zero attached hydrogens (tertiary/aromatic N) is 2. The molecule has 0 saturated carbocycles. The third kappa shape index (κ3) is 9.90. The van der Waals surface area contributed by atoms with Gasteiger partial charge in [0.1, 0.15) is 47.2 Å². The molecule has 236 valence electrons. The molecule has 2 aromatic heterocycles. The zero-order chi connectivity index (χ0) is 32.9. The van der Waals surface area contributed by atoms with Gasteiger partial charge in [0, 0.05) is 28.7 Å². The van der Waals surface area contributed by atoms with Gasteiger partial charge in [-0.25, -0.2) is 9.78 Å². The molecule has 0 spiro atoms. The normalized spacial score (nSPS) is 11.4. The van der Waals surface area contributed by atoms with E-state index >= 15 is 0 Å². The van der Waals surface area contributed by atoms with Crippen LogP contribution in [0.15, 0.2) is 109 Å². The molecule has 3 aromatic carbocycles. The second-order valence-corrected chi connectivity index (χ2v) is 11.9. The average molecular weight is 638 g/mol. The molecule has 0 aliphatic heterocycles. The van der Waals surface area contributed by atoms with Crippen molar-refractivity contribution in [3.63, 3.8) is 0 Å². The Bertz CT molecular complexity index is 1750. The van der Waals surface area contributed by atoms with E-state index in [0.29, 0.717) is 23.7 Å². The lowest BCUT2D eigenvalue weighted by Gasteiger charge is -2.28. The summed E-state index contributed by atoms with van der Waals surface area (Å²) in [6.07, 6.45) is 1.71. The Morgan fingerprint density at radius 1 is 1.00 bits per heavy atom. The fraction of sp³-hybridized carbons (Fsp3) is 0.194. The molecule has 9 nitrogen and oxygen atoms in total. The summed E-state index contributed by atoms with van der Waals surface area (Å²) in [6.45, 7) is 4.82. The zero-order valence-corrected chi connectivity index (χ0v) is 26.3. The second-order valence-electron chi connectivity index (χ2n) is 10.9. The standard InChI is InChI=1S/C29H29N3O3S.C7H6O3/c1-29(2,17-21-11-13-24(14-12-21)35-28-22(18-30)7-5-15-31-28)32-19-23(33)20-34-26-9-4-3-8-25(26)27-10-6-16-36-27;8-6-4-2-1-3-5(6)7(9)10/h3-16,23,32-33H,17,19-20H2,1-2H3;1-4,8H,(H,9,10)/t23-;/m1./s1. The number of hydrogen-bond donors (Lipinski definition) is 4. The molecule has 0 unspecified atom stereocenters. The highest BCUT2D eigenvalue weighted by Crippen LogP contribution is 2.33. The summed E-state index contributed by atoms with van der Waals surface area (Å²) in [5.74, 6) is 0.375. The van der Waals surface area contributed by atoms with Crippen LogP contribution in [-0.2, 0) is 6.42 Å². The Morgan fingerprint density at radius 2 is 1.74 bits per heavy atom. The van der Waals surface area contributed by atoms with Crippen LogP contribution in [0, 0.1) is 11.3 Å². The van der Waals surface area contributed by atoms with Crippen molar-refractivity contribution < 1.29 is 29.6 Å². The van der Waals surface area contributed by atoms with Gasteiger partial charge < -0.3 is 30.1 Å². The third-order valence-corrected chi connectivity index (χ3v) is 7.63. The van der Waals surface area contributed by atoms with Crippen LogP contribution in [-0.4, -0.2) is 51.1 Å². The van der Waals surface area contributed by atoms with Crippen molar-refractivity contribution >= 4 is 17.3 Å². The minimum absolute atomic E-state index is 0.0671. The topological polar surface area (TPSA) is 145 Å². The minimum atomic E-state index is -1.11. The average Bonchev–Trinajstić information content (AvgIpc) is 3.60. The number of aliphatic hydroxyl groups excluding tert-OH is 1. The SMILES string of the molecule is CC(C)(Cc1ccc(Oc2ncccc2C#N)cc1)NC[C@@H](O)COc1ccccc1-c1cccs1.O=C(O)c1ccccc1O. The highest BCUT2D eigenvalue weighted by Gasteiger charge is 2.20. The molecule has 0 bridgehead atoms. The Morgan fingerprint density at radius 3 is 2.41 bits per heavy atom. The molecular formula is C36H35N3O6S. The van der Waals surface area contributed by atoms with Crippen molar-refractivity contribution in [2.75, 3.05) is 13.2 Å². The van der Waals surface area contributed by atoms with Crippen LogP contribution < -0.4 is 14.8 Å². The van der Waals surface area contributed by atoms with E-state index in [1.54, 1.807) is 41.8 Å². The first-order valence-corrected chi connectivity index (χ1v) is 15.3. The van der Waals surface area contributed by atoms with Crippen molar-refractivity contribution in [2.45, 2.75) is 31.9 Å². The molecule has 2 heterocycles. The quantitative estimate of drug-likeness (QED) is 0.115. The summed E-state index contributed by atoms with van der Waals surface area (Å²) in [7, 11) is 0. The molecule has 46 heavy (non-hydrogen) atoms. The molecular weight excluding hydrogens is 602 g/mol. The van der Waals surface area contributed by atoms with Gasteiger partial charge in [0.2, 0.25) is 5.88 Å². The maximum Gasteiger partial charge on any atom is 0.339 e. The smallest absolute Gasteiger partial charge is 0.339 e. The summed E-state index contributed by atoms with van der Waals surface area (Å²) in [5, 5.41) is 42.5. The minimum Gasteiger partial charge on any atom is -0.507 e. The number of β-amino-alcohol motifs (C(OH)–C–C–N with tert-alkyl or cyclic N) is 1. The first-order valence-electron chi connectivity index (χ1n) is 14.5. The van der Waals surface area contributed by atoms with E-state index in [-0.39, 0.29) is 23.5 Å². The maximum absolute atomic E-state index is 10.6. The fourth-order valence-electron chi connectivity index (χ4n) is 4.44. The Balaban J connectivity index is 0.000000409. The van der Waals surface area contributed by atoms with Gasteiger partial charge in [0.25, 0.3) is 0 Å². The molecule has 0 radical (unpaired) electrons. The first-order chi connectivity index (χ1) is 22.1. The van der Waals surface area contributed by atoms with Gasteiger partial charge in [0.05, 0.1) is 0 Å². The Hall–Kier alpha value is -5.21. The summed E-state index contributed by atoms with van der Waals surface area (Å²) in [5.41, 5.74) is 2.24. The largest absolute Gasteiger partial charge is 0.507 e. The number of para-hydroxylation sites is 2. The van der Waals surface area contributed by atoms with Crippen molar-refractivity contribution in [1.82, 2.24) is 10.3 Å². The summed E-state index contributed by atoms with van der Waals surface area (Å²) in [6, 6.07) is 31.0. The number of aromatic nitrogens is 1. The van der Waals surface area contributed by atoms with Gasteiger partial charge in [-0.15, -0.1) is 11.3 Å². The van der Waals surface area contributed by atoms with Crippen molar-refractivity contribution in [1.29, 1.82) is 5.26 Å². The predicted molar refractivity (Wildman–Crippen MR) is 178 cm³/mol. The molecule has 5 aromatic rings. The fourth-order valence-corrected chi connectivity index (χ4v) is 5.19. The molecule has 0 amide bonds. The number of carbonyl (C=O) groups is 1. The number of nitriles is 1. The lowest BCUT2D eigenvalue weighted by molar-refractivity contribution is 0.0693. The lowest BCUT2D eigenvalue weighted by Crippen LogP contribution is -2.46. The van der Waals surface area contributed by atoms with E-state index in [4.69, 9.17) is 19.7 Å². The van der Waals surface area contributed by atoms with Crippen LogP contribution in [0.3, 0.4) is 0 Å². The van der Waals surface area contributed by atoms with Gasteiger partial charge >= 0.3 is 5.97 Å². The number of carboxylic acids is 1. The maximum atomic E-state index is 10.6. The van der Waals surface area contributed by atoms with E-state index in [0.717, 1.165) is 28.2 Å². The van der Waals surface area contributed by atoms with E-state index in [1.807, 2.05) is 60.0 Å². The van der Waals surface area contributed by atoms with Crippen LogP contribution in [0.2, 0.25) is 0 Å². The molecule has 10 heteroatoms. The van der Waals surface area contributed by atoms with Gasteiger partial charge in [-0.2, -0.15) is 5.26 Å². The van der Waals surface area contributed by atoms with Gasteiger partial charge in [-0.3, -0.25) is 0 Å². The first kappa shape index (κ1) is 33.7. The number of thiophene rings is 1. The van der Waals surface area contributed by atoms with Crippen LogP contribution >= 0.6 is 11.3 Å². The number of carboxylic acid groups (broad SMARTS) is 1. The number of rotatable bonds is 12. The molecule has 4 N–H and O–H groups in total. The van der Waals surface area contributed by atoms with E-state index in [1.165, 1.54) is 12.1 Å². The highest BCUT2D eigenvalue weighted by atomic mass is 32.1. The number of aliphatic hydroxyl groups is 1. The van der Waals surface area contributed by atoms with Gasteiger partial charge in [0.15, 0.2) is 0 Å². The van der Waals surface area contributed by atoms with Crippen LogP contribution in [0.4, 0.5) is 0 Å². The van der Waals surface area contributed by atoms with E-state index < -0.39 is 12.1 Å². The number of nitrogens with one attached hydrogen (secondary N) is 1. The van der Waals surface area contributed by atoms with Gasteiger partial charge in [-0.1, -0.05) is 42.5 Å². The molecule has 0 fully saturated rings. The number of hydrogen-bond acceptors (Lipinski definition) is 9. The monoisotopic (exact) mass is 637 g/mol. The van der Waals surface area contributed by atoms with Crippen LogP contribution in [0.5, 0.6) is 23.1 Å². The third-order valence-electron chi connectivity index (χ3n) is 6.73. The predicted octanol–water partition coefficient (Wildman–Crippen LogP) is 6.92. The van der Waals surface area contributed by atoms with Gasteiger partial charge in [-0.05, 0) is 85.8 Å². The van der Waals surface area contributed by atoms with Crippen LogP contribution in [0.1, 0.15) is 35.3 Å². The molecule has 0 aliphatic rings. The number of benzene rings is 3. The summed E-state index contributed by atoms with van der Waals surface area (Å²) >= 11 is 1.66. The molecule has 5 rings (SSSR count). The molecule has 1 atom stereocenters. The highest BCUT2D eigenvalue weighted by molar-refractivity contribution is 7.13. The lowest BCUT2D eigenvalue weighted by atomic mass is 9.94. The number of pyridine rings is 1. The number of phenols is 1.